The summed E-state index contributed by atoms with van der Waals surface area (Å²) in [5.41, 5.74) is 2.11. The van der Waals surface area contributed by atoms with Crippen LogP contribution in [0, 0.1) is 5.82 Å². The van der Waals surface area contributed by atoms with Crippen LogP contribution in [0.4, 0.5) is 10.1 Å². The Hall–Kier alpha value is -1.01. The Kier molecular flexibility index (Phi) is 5.01. The molecule has 0 radical (unpaired) electrons. The molecular weight excluding hydrogens is 374 g/mol. The van der Waals surface area contributed by atoms with E-state index >= 15 is 0 Å². The summed E-state index contributed by atoms with van der Waals surface area (Å²) in [7, 11) is 0. The molecule has 0 unspecified atom stereocenters. The number of anilines is 1. The summed E-state index contributed by atoms with van der Waals surface area (Å²) in [5, 5.41) is 4.36. The summed E-state index contributed by atoms with van der Waals surface area (Å²) in [6.07, 6.45) is 1.96. The first-order valence-electron chi connectivity index (χ1n) is 6.84. The molecule has 3 rings (SSSR count). The number of thiazole rings is 1. The zero-order valence-electron chi connectivity index (χ0n) is 12.4. The van der Waals surface area contributed by atoms with Crippen molar-refractivity contribution in [3.8, 4) is 0 Å². The molecule has 0 fully saturated rings. The van der Waals surface area contributed by atoms with Gasteiger partial charge in [0.05, 0.1) is 21.9 Å². The quantitative estimate of drug-likeness (QED) is 0.508. The Morgan fingerprint density at radius 3 is 2.74 bits per heavy atom. The van der Waals surface area contributed by atoms with Crippen molar-refractivity contribution in [2.24, 2.45) is 0 Å². The van der Waals surface area contributed by atoms with Crippen LogP contribution in [0.3, 0.4) is 0 Å². The molecule has 0 saturated carbocycles. The summed E-state index contributed by atoms with van der Waals surface area (Å²) < 4.78 is 16.0. The van der Waals surface area contributed by atoms with E-state index in [9.17, 15) is 4.39 Å². The number of benzene rings is 2. The Balaban J connectivity index is 2.00. The van der Waals surface area contributed by atoms with E-state index in [1.165, 1.54) is 17.4 Å². The number of nitrogens with zero attached hydrogens (tertiary/aromatic N) is 1. The summed E-state index contributed by atoms with van der Waals surface area (Å²) >= 11 is 15.2. The van der Waals surface area contributed by atoms with E-state index < -0.39 is 0 Å². The van der Waals surface area contributed by atoms with Crippen LogP contribution in [0.1, 0.15) is 18.5 Å². The first-order valence-corrected chi connectivity index (χ1v) is 9.64. The maximum Gasteiger partial charge on any atom is 0.150 e. The molecule has 3 aromatic rings. The molecule has 0 aliphatic heterocycles. The number of halogens is 3. The fourth-order valence-corrected chi connectivity index (χ4v) is 4.46. The lowest BCUT2D eigenvalue weighted by Gasteiger charge is -2.18. The summed E-state index contributed by atoms with van der Waals surface area (Å²) in [4.78, 5) is 4.47. The van der Waals surface area contributed by atoms with Gasteiger partial charge in [-0.3, -0.25) is 0 Å². The summed E-state index contributed by atoms with van der Waals surface area (Å²) in [6.45, 7) is 1.93. The molecule has 0 spiro atoms. The minimum absolute atomic E-state index is 0.167. The van der Waals surface area contributed by atoms with E-state index in [0.29, 0.717) is 15.7 Å². The molecule has 7 heteroatoms. The minimum Gasteiger partial charge on any atom is -0.375 e. The lowest BCUT2D eigenvalue weighted by molar-refractivity contribution is 0.629. The van der Waals surface area contributed by atoms with Crippen LogP contribution in [0.25, 0.3) is 10.2 Å². The third-order valence-electron chi connectivity index (χ3n) is 3.45. The fraction of sp³-hybridized carbons (Fsp3) is 0.188. The third kappa shape index (κ3) is 3.43. The van der Waals surface area contributed by atoms with E-state index in [1.807, 2.05) is 19.2 Å². The second-order valence-corrected chi connectivity index (χ2v) is 7.88. The predicted octanol–water partition coefficient (Wildman–Crippen LogP) is 6.64. The van der Waals surface area contributed by atoms with Gasteiger partial charge >= 0.3 is 0 Å². The van der Waals surface area contributed by atoms with E-state index in [2.05, 4.69) is 10.3 Å². The van der Waals surface area contributed by atoms with Crippen molar-refractivity contribution in [1.29, 1.82) is 0 Å². The van der Waals surface area contributed by atoms with Crippen molar-refractivity contribution in [2.75, 3.05) is 11.6 Å². The highest BCUT2D eigenvalue weighted by atomic mass is 35.5. The minimum atomic E-state index is -0.300. The van der Waals surface area contributed by atoms with Crippen LogP contribution in [0.5, 0.6) is 0 Å². The van der Waals surface area contributed by atoms with Crippen LogP contribution in [-0.4, -0.2) is 11.2 Å². The second-order valence-electron chi connectivity index (χ2n) is 4.99. The van der Waals surface area contributed by atoms with Gasteiger partial charge in [-0.2, -0.15) is 0 Å². The molecule has 2 aromatic carbocycles. The van der Waals surface area contributed by atoms with Crippen LogP contribution >= 0.6 is 46.3 Å². The van der Waals surface area contributed by atoms with Crippen molar-refractivity contribution in [2.45, 2.75) is 17.3 Å². The Morgan fingerprint density at radius 1 is 1.26 bits per heavy atom. The van der Waals surface area contributed by atoms with Gasteiger partial charge in [0.2, 0.25) is 0 Å². The normalized spacial score (nSPS) is 12.6. The van der Waals surface area contributed by atoms with E-state index in [1.54, 1.807) is 30.0 Å². The van der Waals surface area contributed by atoms with Gasteiger partial charge in [-0.15, -0.1) is 11.3 Å². The Labute approximate surface area is 152 Å². The van der Waals surface area contributed by atoms with Gasteiger partial charge in [0.25, 0.3) is 0 Å². The van der Waals surface area contributed by atoms with Crippen molar-refractivity contribution in [3.05, 3.63) is 51.8 Å². The second kappa shape index (κ2) is 6.85. The van der Waals surface area contributed by atoms with Crippen LogP contribution in [-0.2, 0) is 0 Å². The molecule has 0 saturated heterocycles. The first-order chi connectivity index (χ1) is 11.0. The molecule has 1 aromatic heterocycles. The number of nitrogens with one attached hydrogen (secondary N) is 1. The highest BCUT2D eigenvalue weighted by molar-refractivity contribution is 8.00. The van der Waals surface area contributed by atoms with Gasteiger partial charge in [-0.25, -0.2) is 9.37 Å². The lowest BCUT2D eigenvalue weighted by atomic mass is 10.1. The smallest absolute Gasteiger partial charge is 0.150 e. The van der Waals surface area contributed by atoms with Gasteiger partial charge in [-0.05, 0) is 43.0 Å². The van der Waals surface area contributed by atoms with Gasteiger partial charge < -0.3 is 5.32 Å². The molecule has 1 N–H and O–H groups in total. The van der Waals surface area contributed by atoms with Crippen molar-refractivity contribution < 1.29 is 4.39 Å². The number of hydrogen-bond donors (Lipinski definition) is 1. The zero-order valence-corrected chi connectivity index (χ0v) is 15.5. The molecule has 1 atom stereocenters. The maximum atomic E-state index is 14.3. The number of thioether (sulfide) groups is 1. The standard InChI is InChI=1S/C16H13Cl2FN2S2/c1-8(10-4-3-9(17)7-11(10)18)20-14-12(19)5-6-13-15(14)23-16(21-13)22-2/h3-8,20H,1-2H3/t8-/m1/s1. The van der Waals surface area contributed by atoms with Crippen LogP contribution in [0.15, 0.2) is 34.7 Å². The van der Waals surface area contributed by atoms with E-state index in [4.69, 9.17) is 23.2 Å². The van der Waals surface area contributed by atoms with E-state index in [-0.39, 0.29) is 11.9 Å². The monoisotopic (exact) mass is 386 g/mol. The molecule has 0 bridgehead atoms. The van der Waals surface area contributed by atoms with E-state index in [0.717, 1.165) is 20.1 Å². The number of hydrogen-bond acceptors (Lipinski definition) is 4. The van der Waals surface area contributed by atoms with Crippen LogP contribution < -0.4 is 5.32 Å². The summed E-state index contributed by atoms with van der Waals surface area (Å²) in [6, 6.07) is 8.28. The lowest BCUT2D eigenvalue weighted by Crippen LogP contribution is -2.08. The van der Waals surface area contributed by atoms with Crippen molar-refractivity contribution >= 4 is 62.2 Å². The highest BCUT2D eigenvalue weighted by Crippen LogP contribution is 2.37. The molecule has 120 valence electrons. The maximum absolute atomic E-state index is 14.3. The molecule has 0 aliphatic carbocycles. The number of fused-ring (bicyclic) bond motifs is 1. The average Bonchev–Trinajstić information content (AvgIpc) is 2.93. The molecule has 23 heavy (non-hydrogen) atoms. The first kappa shape index (κ1) is 16.8. The van der Waals surface area contributed by atoms with Gasteiger partial charge in [0.15, 0.2) is 4.34 Å². The molecule has 0 aliphatic rings. The highest BCUT2D eigenvalue weighted by Gasteiger charge is 2.17. The molecule has 2 nitrogen and oxygen atoms in total. The fourth-order valence-electron chi connectivity index (χ4n) is 2.32. The molecular formula is C16H13Cl2FN2S2. The van der Waals surface area contributed by atoms with Gasteiger partial charge in [-0.1, -0.05) is 41.0 Å². The Bertz CT molecular complexity index is 867. The zero-order chi connectivity index (χ0) is 16.6. The SMILES string of the molecule is CSc1nc2ccc(F)c(N[C@H](C)c3ccc(Cl)cc3Cl)c2s1. The third-order valence-corrected chi connectivity index (χ3v) is 6.09. The number of aromatic nitrogens is 1. The largest absolute Gasteiger partial charge is 0.375 e. The number of rotatable bonds is 4. The average molecular weight is 387 g/mol. The van der Waals surface area contributed by atoms with Crippen LogP contribution in [0.2, 0.25) is 10.0 Å². The van der Waals surface area contributed by atoms with Gasteiger partial charge in [0, 0.05) is 10.0 Å². The predicted molar refractivity (Wildman–Crippen MR) is 99.9 cm³/mol. The molecule has 0 amide bonds. The molecule has 1 heterocycles. The summed E-state index contributed by atoms with van der Waals surface area (Å²) in [5.74, 6) is -0.300. The van der Waals surface area contributed by atoms with Gasteiger partial charge in [0.1, 0.15) is 5.82 Å². The topological polar surface area (TPSA) is 24.9 Å². The van der Waals surface area contributed by atoms with Crippen molar-refractivity contribution in [3.63, 3.8) is 0 Å². The Morgan fingerprint density at radius 2 is 2.04 bits per heavy atom. The van der Waals surface area contributed by atoms with Crippen molar-refractivity contribution in [1.82, 2.24) is 4.98 Å².